The summed E-state index contributed by atoms with van der Waals surface area (Å²) in [5.74, 6) is -1.76. The van der Waals surface area contributed by atoms with Crippen molar-refractivity contribution in [2.24, 2.45) is 0 Å². The van der Waals surface area contributed by atoms with Gasteiger partial charge in [-0.1, -0.05) is 42.0 Å². The van der Waals surface area contributed by atoms with E-state index in [0.717, 1.165) is 16.7 Å². The van der Waals surface area contributed by atoms with Crippen molar-refractivity contribution in [2.75, 3.05) is 6.54 Å². The SMILES string of the molecule is Cc1ccc(C2CC[C@@H](C(=O)O)N2C(=O)CNC(=O)C(S)Cc2ccc(O)cc2)cc1. The molecule has 8 heteroatoms. The fourth-order valence-electron chi connectivity index (χ4n) is 3.84. The van der Waals surface area contributed by atoms with Crippen LogP contribution in [-0.4, -0.2) is 50.7 Å². The van der Waals surface area contributed by atoms with Crippen molar-refractivity contribution in [1.29, 1.82) is 0 Å². The van der Waals surface area contributed by atoms with E-state index in [1.807, 2.05) is 31.2 Å². The lowest BCUT2D eigenvalue weighted by atomic mass is 10.0. The normalized spacial score (nSPS) is 19.1. The van der Waals surface area contributed by atoms with Crippen molar-refractivity contribution < 1.29 is 24.6 Å². The first-order valence-corrected chi connectivity index (χ1v) is 10.6. The standard InChI is InChI=1S/C23H26N2O5S/c1-14-2-6-16(7-3-14)18-10-11-19(23(29)30)25(18)21(27)13-24-22(28)20(31)12-15-4-8-17(26)9-5-15/h2-9,18-20,26,31H,10-13H2,1H3,(H,24,28)(H,29,30)/t18?,19-,20?/m0/s1. The smallest absolute Gasteiger partial charge is 0.326 e. The molecular weight excluding hydrogens is 416 g/mol. The number of aliphatic carboxylic acids is 1. The zero-order valence-corrected chi connectivity index (χ0v) is 18.1. The second-order valence-electron chi connectivity index (χ2n) is 7.76. The number of aromatic hydroxyl groups is 1. The zero-order chi connectivity index (χ0) is 22.5. The third-order valence-corrected chi connectivity index (χ3v) is 5.92. The summed E-state index contributed by atoms with van der Waals surface area (Å²) in [6.07, 6.45) is 1.25. The van der Waals surface area contributed by atoms with E-state index < -0.39 is 29.1 Å². The maximum Gasteiger partial charge on any atom is 0.326 e. The van der Waals surface area contributed by atoms with Gasteiger partial charge in [0.05, 0.1) is 17.8 Å². The van der Waals surface area contributed by atoms with Crippen LogP contribution in [-0.2, 0) is 20.8 Å². The first kappa shape index (κ1) is 22.7. The van der Waals surface area contributed by atoms with Crippen LogP contribution < -0.4 is 5.32 Å². The van der Waals surface area contributed by atoms with E-state index in [-0.39, 0.29) is 18.3 Å². The summed E-state index contributed by atoms with van der Waals surface area (Å²) in [6.45, 7) is 1.67. The lowest BCUT2D eigenvalue weighted by Gasteiger charge is -2.29. The molecule has 2 unspecified atom stereocenters. The minimum atomic E-state index is -1.05. The summed E-state index contributed by atoms with van der Waals surface area (Å²) in [7, 11) is 0. The second-order valence-corrected chi connectivity index (χ2v) is 8.39. The molecule has 1 aliphatic rings. The van der Waals surface area contributed by atoms with Crippen LogP contribution in [0.2, 0.25) is 0 Å². The minimum Gasteiger partial charge on any atom is -0.508 e. The molecule has 164 valence electrons. The van der Waals surface area contributed by atoms with E-state index >= 15 is 0 Å². The number of rotatable bonds is 7. The van der Waals surface area contributed by atoms with Crippen molar-refractivity contribution in [2.45, 2.75) is 43.5 Å². The highest BCUT2D eigenvalue weighted by Gasteiger charge is 2.41. The molecule has 0 radical (unpaired) electrons. The van der Waals surface area contributed by atoms with E-state index in [9.17, 15) is 24.6 Å². The number of carboxylic acids is 1. The number of carbonyl (C=O) groups is 3. The highest BCUT2D eigenvalue weighted by molar-refractivity contribution is 7.81. The molecule has 31 heavy (non-hydrogen) atoms. The molecule has 1 heterocycles. The van der Waals surface area contributed by atoms with Crippen molar-refractivity contribution in [3.63, 3.8) is 0 Å². The molecule has 0 aliphatic carbocycles. The summed E-state index contributed by atoms with van der Waals surface area (Å²) < 4.78 is 0. The first-order valence-electron chi connectivity index (χ1n) is 10.1. The maximum absolute atomic E-state index is 12.9. The second kappa shape index (κ2) is 9.87. The maximum atomic E-state index is 12.9. The van der Waals surface area contributed by atoms with E-state index in [2.05, 4.69) is 17.9 Å². The largest absolute Gasteiger partial charge is 0.508 e. The van der Waals surface area contributed by atoms with Gasteiger partial charge in [0.15, 0.2) is 0 Å². The predicted molar refractivity (Wildman–Crippen MR) is 119 cm³/mol. The van der Waals surface area contributed by atoms with Gasteiger partial charge in [0.1, 0.15) is 11.8 Å². The molecule has 0 bridgehead atoms. The zero-order valence-electron chi connectivity index (χ0n) is 17.2. The molecule has 3 atom stereocenters. The number of phenols is 1. The van der Waals surface area contributed by atoms with Crippen molar-refractivity contribution >= 4 is 30.4 Å². The Labute approximate surface area is 186 Å². The average molecular weight is 443 g/mol. The Balaban J connectivity index is 1.64. The number of nitrogens with zero attached hydrogens (tertiary/aromatic N) is 1. The number of thiol groups is 1. The van der Waals surface area contributed by atoms with Gasteiger partial charge in [-0.25, -0.2) is 4.79 Å². The Morgan fingerprint density at radius 2 is 1.74 bits per heavy atom. The lowest BCUT2D eigenvalue weighted by Crippen LogP contribution is -2.47. The van der Waals surface area contributed by atoms with E-state index in [4.69, 9.17) is 0 Å². The molecule has 0 aromatic heterocycles. The van der Waals surface area contributed by atoms with Crippen molar-refractivity contribution in [3.8, 4) is 5.75 Å². The highest BCUT2D eigenvalue weighted by atomic mass is 32.1. The number of likely N-dealkylation sites (tertiary alicyclic amines) is 1. The molecule has 3 rings (SSSR count). The molecule has 2 amide bonds. The third kappa shape index (κ3) is 5.58. The monoisotopic (exact) mass is 442 g/mol. The number of phenolic OH excluding ortho intramolecular Hbond substituents is 1. The van der Waals surface area contributed by atoms with Gasteiger partial charge in [-0.3, -0.25) is 9.59 Å². The molecule has 0 spiro atoms. The summed E-state index contributed by atoms with van der Waals surface area (Å²) >= 11 is 4.32. The Bertz CT molecular complexity index is 945. The molecular formula is C23H26N2O5S. The van der Waals surface area contributed by atoms with E-state index in [1.165, 1.54) is 17.0 Å². The number of amides is 2. The number of hydrogen-bond acceptors (Lipinski definition) is 5. The van der Waals surface area contributed by atoms with Gasteiger partial charge >= 0.3 is 5.97 Å². The molecule has 7 nitrogen and oxygen atoms in total. The Morgan fingerprint density at radius 3 is 2.35 bits per heavy atom. The van der Waals surface area contributed by atoms with Crippen LogP contribution in [0.5, 0.6) is 5.75 Å². The van der Waals surface area contributed by atoms with Gasteiger partial charge in [0.2, 0.25) is 11.8 Å². The quantitative estimate of drug-likeness (QED) is 0.493. The van der Waals surface area contributed by atoms with Crippen LogP contribution in [0.15, 0.2) is 48.5 Å². The number of benzene rings is 2. The molecule has 2 aromatic rings. The summed E-state index contributed by atoms with van der Waals surface area (Å²) in [6, 6.07) is 12.9. The van der Waals surface area contributed by atoms with Crippen LogP contribution in [0.3, 0.4) is 0 Å². The van der Waals surface area contributed by atoms with Crippen LogP contribution >= 0.6 is 12.6 Å². The molecule has 0 saturated carbocycles. The van der Waals surface area contributed by atoms with Gasteiger partial charge in [0, 0.05) is 0 Å². The van der Waals surface area contributed by atoms with Crippen molar-refractivity contribution in [3.05, 3.63) is 65.2 Å². The number of aryl methyl sites for hydroxylation is 1. The van der Waals surface area contributed by atoms with Gasteiger partial charge in [-0.05, 0) is 49.4 Å². The van der Waals surface area contributed by atoms with Gasteiger partial charge in [0.25, 0.3) is 0 Å². The fraction of sp³-hybridized carbons (Fsp3) is 0.348. The van der Waals surface area contributed by atoms with Gasteiger partial charge in [-0.2, -0.15) is 12.6 Å². The van der Waals surface area contributed by atoms with Crippen LogP contribution in [0.4, 0.5) is 0 Å². The molecule has 1 fully saturated rings. The predicted octanol–water partition coefficient (Wildman–Crippen LogP) is 2.47. The van der Waals surface area contributed by atoms with Gasteiger partial charge in [-0.15, -0.1) is 0 Å². The lowest BCUT2D eigenvalue weighted by molar-refractivity contribution is -0.149. The summed E-state index contributed by atoms with van der Waals surface area (Å²) in [5.41, 5.74) is 2.78. The van der Waals surface area contributed by atoms with E-state index in [1.54, 1.807) is 12.1 Å². The fourth-order valence-corrected chi connectivity index (χ4v) is 4.14. The third-order valence-electron chi connectivity index (χ3n) is 5.50. The van der Waals surface area contributed by atoms with Crippen LogP contribution in [0, 0.1) is 6.92 Å². The average Bonchev–Trinajstić information content (AvgIpc) is 3.19. The number of nitrogens with one attached hydrogen (secondary N) is 1. The Kier molecular flexibility index (Phi) is 7.22. The number of carboxylic acid groups (broad SMARTS) is 1. The topological polar surface area (TPSA) is 107 Å². The van der Waals surface area contributed by atoms with Crippen LogP contribution in [0.1, 0.15) is 35.6 Å². The number of hydrogen-bond donors (Lipinski definition) is 4. The Morgan fingerprint density at radius 1 is 1.10 bits per heavy atom. The van der Waals surface area contributed by atoms with Gasteiger partial charge < -0.3 is 20.4 Å². The van der Waals surface area contributed by atoms with Crippen LogP contribution in [0.25, 0.3) is 0 Å². The summed E-state index contributed by atoms with van der Waals surface area (Å²) in [5, 5.41) is 20.8. The van der Waals surface area contributed by atoms with E-state index in [0.29, 0.717) is 19.3 Å². The van der Waals surface area contributed by atoms with Crippen molar-refractivity contribution in [1.82, 2.24) is 10.2 Å². The Hall–Kier alpha value is -3.00. The highest BCUT2D eigenvalue weighted by Crippen LogP contribution is 2.36. The molecule has 1 saturated heterocycles. The molecule has 1 aliphatic heterocycles. The number of carbonyl (C=O) groups excluding carboxylic acids is 2. The molecule has 3 N–H and O–H groups in total. The summed E-state index contributed by atoms with van der Waals surface area (Å²) in [4.78, 5) is 38.4. The minimum absolute atomic E-state index is 0.135. The first-order chi connectivity index (χ1) is 14.8. The molecule has 2 aromatic carbocycles.